The van der Waals surface area contributed by atoms with Crippen LogP contribution in [-0.4, -0.2) is 10.9 Å². The minimum absolute atomic E-state index is 0.232. The number of carbonyl (C=O) groups is 1. The van der Waals surface area contributed by atoms with Crippen molar-refractivity contribution in [3.63, 3.8) is 0 Å². The molecule has 0 unspecified atom stereocenters. The average Bonchev–Trinajstić information content (AvgIpc) is 2.86. The Morgan fingerprint density at radius 3 is 2.52 bits per heavy atom. The normalized spacial score (nSPS) is 10.8. The number of amides is 1. The fraction of sp³-hybridized carbons (Fsp3) is 0.118. The van der Waals surface area contributed by atoms with Gasteiger partial charge in [-0.2, -0.15) is 0 Å². The van der Waals surface area contributed by atoms with E-state index >= 15 is 0 Å². The highest BCUT2D eigenvalue weighted by Crippen LogP contribution is 2.22. The van der Waals surface area contributed by atoms with Crippen LogP contribution in [0.3, 0.4) is 0 Å². The first-order valence-corrected chi connectivity index (χ1v) is 6.70. The van der Waals surface area contributed by atoms with E-state index in [0.717, 1.165) is 22.2 Å². The lowest BCUT2D eigenvalue weighted by Gasteiger charge is -2.10. The Kier molecular flexibility index (Phi) is 3.22. The number of hydrogen-bond acceptors (Lipinski definition) is 1. The molecular weight excluding hydrogens is 267 g/mol. The number of benzene rings is 2. The number of nitrogens with one attached hydrogen (secondary N) is 2. The molecule has 0 atom stereocenters. The molecule has 0 bridgehead atoms. The van der Waals surface area contributed by atoms with E-state index in [2.05, 4.69) is 10.3 Å². The fourth-order valence-corrected chi connectivity index (χ4v) is 2.41. The van der Waals surface area contributed by atoms with Crippen LogP contribution >= 0.6 is 0 Å². The molecule has 4 heteroatoms. The zero-order chi connectivity index (χ0) is 15.0. The van der Waals surface area contributed by atoms with Crippen molar-refractivity contribution in [3.8, 4) is 0 Å². The van der Waals surface area contributed by atoms with Crippen molar-refractivity contribution in [2.75, 3.05) is 5.32 Å². The number of aryl methyl sites for hydroxylation is 2. The molecule has 0 saturated heterocycles. The second kappa shape index (κ2) is 5.05. The van der Waals surface area contributed by atoms with Gasteiger partial charge in [0.25, 0.3) is 5.91 Å². The fourth-order valence-electron chi connectivity index (χ4n) is 2.41. The van der Waals surface area contributed by atoms with Gasteiger partial charge in [0.1, 0.15) is 11.5 Å². The molecular formula is C17H15FN2O. The predicted molar refractivity (Wildman–Crippen MR) is 82.1 cm³/mol. The number of rotatable bonds is 2. The molecule has 3 nitrogen and oxygen atoms in total. The van der Waals surface area contributed by atoms with E-state index < -0.39 is 0 Å². The molecule has 0 aliphatic heterocycles. The standard InChI is InChI=1S/C17H15FN2O/c1-10-4-3-5-11(2)16(10)20-17(21)15-8-12-6-7-13(18)9-14(12)19-15/h3-9,19H,1-2H3,(H,20,21). The summed E-state index contributed by atoms with van der Waals surface area (Å²) in [6.45, 7) is 3.90. The van der Waals surface area contributed by atoms with Gasteiger partial charge in [-0.15, -0.1) is 0 Å². The molecule has 3 aromatic rings. The minimum Gasteiger partial charge on any atom is -0.350 e. The van der Waals surface area contributed by atoms with Crippen LogP contribution in [0.1, 0.15) is 21.6 Å². The number of fused-ring (bicyclic) bond motifs is 1. The van der Waals surface area contributed by atoms with Crippen molar-refractivity contribution in [3.05, 3.63) is 65.1 Å². The zero-order valence-electron chi connectivity index (χ0n) is 11.8. The SMILES string of the molecule is Cc1cccc(C)c1NC(=O)c1cc2ccc(F)cc2[nH]1. The van der Waals surface area contributed by atoms with Crippen molar-refractivity contribution in [1.29, 1.82) is 0 Å². The first-order chi connectivity index (χ1) is 10.0. The number of aromatic nitrogens is 1. The van der Waals surface area contributed by atoms with Gasteiger partial charge in [0, 0.05) is 16.6 Å². The molecule has 2 aromatic carbocycles. The van der Waals surface area contributed by atoms with Crippen LogP contribution in [0.15, 0.2) is 42.5 Å². The van der Waals surface area contributed by atoms with E-state index in [9.17, 15) is 9.18 Å². The third-order valence-corrected chi connectivity index (χ3v) is 3.55. The maximum absolute atomic E-state index is 13.2. The lowest BCUT2D eigenvalue weighted by molar-refractivity contribution is 0.102. The quantitative estimate of drug-likeness (QED) is 0.727. The lowest BCUT2D eigenvalue weighted by atomic mass is 10.1. The molecule has 2 N–H and O–H groups in total. The maximum atomic E-state index is 13.2. The minimum atomic E-state index is -0.328. The van der Waals surface area contributed by atoms with Crippen LogP contribution in [0.4, 0.5) is 10.1 Å². The van der Waals surface area contributed by atoms with Gasteiger partial charge in [-0.3, -0.25) is 4.79 Å². The first-order valence-electron chi connectivity index (χ1n) is 6.70. The summed E-state index contributed by atoms with van der Waals surface area (Å²) in [5, 5.41) is 3.71. The number of para-hydroxylation sites is 1. The molecule has 0 radical (unpaired) electrons. The predicted octanol–water partition coefficient (Wildman–Crippen LogP) is 4.18. The Labute approximate surface area is 121 Å². The largest absolute Gasteiger partial charge is 0.350 e. The number of anilines is 1. The van der Waals surface area contributed by atoms with Gasteiger partial charge in [-0.1, -0.05) is 18.2 Å². The molecule has 0 aliphatic rings. The Morgan fingerprint density at radius 1 is 1.10 bits per heavy atom. The highest BCUT2D eigenvalue weighted by molar-refractivity contribution is 6.06. The highest BCUT2D eigenvalue weighted by Gasteiger charge is 2.12. The molecule has 0 fully saturated rings. The topological polar surface area (TPSA) is 44.9 Å². The third-order valence-electron chi connectivity index (χ3n) is 3.55. The summed E-state index contributed by atoms with van der Waals surface area (Å²) < 4.78 is 13.2. The molecule has 1 amide bonds. The van der Waals surface area contributed by atoms with Crippen LogP contribution in [0.2, 0.25) is 0 Å². The maximum Gasteiger partial charge on any atom is 0.272 e. The Bertz CT molecular complexity index is 816. The summed E-state index contributed by atoms with van der Waals surface area (Å²) in [6, 6.07) is 12.0. The number of halogens is 1. The molecule has 0 aliphatic carbocycles. The van der Waals surface area contributed by atoms with Gasteiger partial charge in [-0.05, 0) is 49.2 Å². The summed E-state index contributed by atoms with van der Waals surface area (Å²) in [7, 11) is 0. The van der Waals surface area contributed by atoms with Crippen LogP contribution < -0.4 is 5.32 Å². The Morgan fingerprint density at radius 2 is 1.81 bits per heavy atom. The van der Waals surface area contributed by atoms with E-state index in [1.807, 2.05) is 32.0 Å². The van der Waals surface area contributed by atoms with Crippen molar-refractivity contribution < 1.29 is 9.18 Å². The van der Waals surface area contributed by atoms with E-state index in [-0.39, 0.29) is 11.7 Å². The van der Waals surface area contributed by atoms with Crippen molar-refractivity contribution >= 4 is 22.5 Å². The van der Waals surface area contributed by atoms with Gasteiger partial charge in [0.15, 0.2) is 0 Å². The second-order valence-corrected chi connectivity index (χ2v) is 5.14. The highest BCUT2D eigenvalue weighted by atomic mass is 19.1. The van der Waals surface area contributed by atoms with Gasteiger partial charge < -0.3 is 10.3 Å². The molecule has 1 aromatic heterocycles. The summed E-state index contributed by atoms with van der Waals surface area (Å²) in [5.74, 6) is -0.560. The van der Waals surface area contributed by atoms with Crippen LogP contribution in [0.25, 0.3) is 10.9 Å². The second-order valence-electron chi connectivity index (χ2n) is 5.14. The Hall–Kier alpha value is -2.62. The monoisotopic (exact) mass is 282 g/mol. The van der Waals surface area contributed by atoms with E-state index in [1.54, 1.807) is 12.1 Å². The van der Waals surface area contributed by atoms with E-state index in [0.29, 0.717) is 11.2 Å². The molecule has 0 spiro atoms. The van der Waals surface area contributed by atoms with Gasteiger partial charge in [-0.25, -0.2) is 4.39 Å². The molecule has 106 valence electrons. The van der Waals surface area contributed by atoms with Crippen LogP contribution in [-0.2, 0) is 0 Å². The Balaban J connectivity index is 1.94. The van der Waals surface area contributed by atoms with Gasteiger partial charge in [0.05, 0.1) is 0 Å². The number of hydrogen-bond donors (Lipinski definition) is 2. The number of H-pyrrole nitrogens is 1. The summed E-state index contributed by atoms with van der Waals surface area (Å²) in [6.07, 6.45) is 0. The summed E-state index contributed by atoms with van der Waals surface area (Å²) >= 11 is 0. The smallest absolute Gasteiger partial charge is 0.272 e. The zero-order valence-corrected chi connectivity index (χ0v) is 11.8. The van der Waals surface area contributed by atoms with Crippen LogP contribution in [0, 0.1) is 19.7 Å². The third kappa shape index (κ3) is 2.52. The van der Waals surface area contributed by atoms with E-state index in [1.165, 1.54) is 12.1 Å². The van der Waals surface area contributed by atoms with E-state index in [4.69, 9.17) is 0 Å². The first kappa shape index (κ1) is 13.4. The van der Waals surface area contributed by atoms with Gasteiger partial charge in [0.2, 0.25) is 0 Å². The molecule has 21 heavy (non-hydrogen) atoms. The van der Waals surface area contributed by atoms with Gasteiger partial charge >= 0.3 is 0 Å². The molecule has 3 rings (SSSR count). The molecule has 1 heterocycles. The van der Waals surface area contributed by atoms with Crippen LogP contribution in [0.5, 0.6) is 0 Å². The summed E-state index contributed by atoms with van der Waals surface area (Å²) in [4.78, 5) is 15.3. The average molecular weight is 282 g/mol. The lowest BCUT2D eigenvalue weighted by Crippen LogP contribution is -2.14. The number of carbonyl (C=O) groups excluding carboxylic acids is 1. The van der Waals surface area contributed by atoms with Crippen molar-refractivity contribution in [2.24, 2.45) is 0 Å². The van der Waals surface area contributed by atoms with Crippen molar-refractivity contribution in [1.82, 2.24) is 4.98 Å². The summed E-state index contributed by atoms with van der Waals surface area (Å²) in [5.41, 5.74) is 3.85. The van der Waals surface area contributed by atoms with Crippen molar-refractivity contribution in [2.45, 2.75) is 13.8 Å². The number of aromatic amines is 1. The molecule has 0 saturated carbocycles.